The Morgan fingerprint density at radius 3 is 2.75 bits per heavy atom. The zero-order valence-corrected chi connectivity index (χ0v) is 16.2. The van der Waals surface area contributed by atoms with Crippen molar-refractivity contribution in [2.45, 2.75) is 31.0 Å². The Kier molecular flexibility index (Phi) is 5.52. The lowest BCUT2D eigenvalue weighted by Gasteiger charge is -2.34. The van der Waals surface area contributed by atoms with Crippen LogP contribution in [0.25, 0.3) is 11.4 Å². The second-order valence-corrected chi connectivity index (χ2v) is 7.31. The average molecular weight is 391 g/mol. The van der Waals surface area contributed by atoms with Gasteiger partial charge in [0.25, 0.3) is 0 Å². The Morgan fingerprint density at radius 2 is 2.00 bits per heavy atom. The van der Waals surface area contributed by atoms with Crippen LogP contribution in [-0.4, -0.2) is 72.2 Å². The first-order valence-electron chi connectivity index (χ1n) is 9.55. The molecular weight excluding hydrogens is 365 g/mol. The lowest BCUT2D eigenvalue weighted by molar-refractivity contribution is -0.0567. The minimum absolute atomic E-state index is 0.0746. The molecule has 0 bridgehead atoms. The molecule has 7 nitrogen and oxygen atoms in total. The molecule has 2 fully saturated rings. The van der Waals surface area contributed by atoms with Gasteiger partial charge in [0, 0.05) is 50.2 Å². The van der Waals surface area contributed by atoms with E-state index in [-0.39, 0.29) is 18.8 Å². The Labute approximate surface area is 163 Å². The summed E-state index contributed by atoms with van der Waals surface area (Å²) in [5, 5.41) is 9.16. The monoisotopic (exact) mass is 391 g/mol. The number of fused-ring (bicyclic) bond motifs is 1. The first kappa shape index (κ1) is 19.2. The number of aliphatic hydroxyl groups excluding tert-OH is 1. The van der Waals surface area contributed by atoms with Gasteiger partial charge in [-0.15, -0.1) is 0 Å². The number of aliphatic hydroxyl groups is 1. The van der Waals surface area contributed by atoms with Crippen LogP contribution in [0, 0.1) is 5.82 Å². The Hall–Kier alpha value is -2.16. The summed E-state index contributed by atoms with van der Waals surface area (Å²) in [4.78, 5) is 6.83. The van der Waals surface area contributed by atoms with E-state index in [2.05, 4.69) is 9.88 Å². The molecule has 4 rings (SSSR count). The highest BCUT2D eigenvalue weighted by atomic mass is 19.1. The fraction of sp³-hybridized carbons (Fsp3) is 0.550. The SMILES string of the molecule is COc1cc(F)c(-c2nccn2[C@@H]2C[C@H]3CO[C@@H](CCO)CN3C2)cc1OC. The lowest BCUT2D eigenvalue weighted by atomic mass is 10.1. The van der Waals surface area contributed by atoms with Crippen LogP contribution >= 0.6 is 0 Å². The van der Waals surface area contributed by atoms with Crippen molar-refractivity contribution in [3.05, 3.63) is 30.3 Å². The molecule has 28 heavy (non-hydrogen) atoms. The summed E-state index contributed by atoms with van der Waals surface area (Å²) in [6.07, 6.45) is 5.25. The van der Waals surface area contributed by atoms with Crippen LogP contribution in [-0.2, 0) is 4.74 Å². The molecule has 0 aliphatic carbocycles. The number of aromatic nitrogens is 2. The molecule has 0 saturated carbocycles. The van der Waals surface area contributed by atoms with Crippen LogP contribution in [0.15, 0.2) is 24.5 Å². The maximum absolute atomic E-state index is 14.8. The topological polar surface area (TPSA) is 69.0 Å². The minimum atomic E-state index is -0.396. The molecule has 152 valence electrons. The van der Waals surface area contributed by atoms with E-state index in [0.717, 1.165) is 19.5 Å². The van der Waals surface area contributed by atoms with Gasteiger partial charge < -0.3 is 23.9 Å². The van der Waals surface area contributed by atoms with E-state index in [9.17, 15) is 4.39 Å². The highest BCUT2D eigenvalue weighted by Crippen LogP contribution is 2.37. The van der Waals surface area contributed by atoms with E-state index < -0.39 is 5.82 Å². The molecule has 0 unspecified atom stereocenters. The van der Waals surface area contributed by atoms with Gasteiger partial charge in [0.1, 0.15) is 11.6 Å². The number of hydrogen-bond acceptors (Lipinski definition) is 6. The molecule has 1 aromatic carbocycles. The van der Waals surface area contributed by atoms with Crippen molar-refractivity contribution in [2.75, 3.05) is 40.5 Å². The van der Waals surface area contributed by atoms with Crippen molar-refractivity contribution in [2.24, 2.45) is 0 Å². The molecule has 2 saturated heterocycles. The number of imidazole rings is 1. The van der Waals surface area contributed by atoms with Crippen LogP contribution < -0.4 is 9.47 Å². The molecule has 2 aliphatic heterocycles. The predicted molar refractivity (Wildman–Crippen MR) is 101 cm³/mol. The number of morpholine rings is 1. The summed E-state index contributed by atoms with van der Waals surface area (Å²) < 4.78 is 33.2. The van der Waals surface area contributed by atoms with Crippen LogP contribution in [0.3, 0.4) is 0 Å². The average Bonchev–Trinajstić information content (AvgIpc) is 3.34. The van der Waals surface area contributed by atoms with E-state index in [1.54, 1.807) is 12.3 Å². The summed E-state index contributed by atoms with van der Waals surface area (Å²) in [6, 6.07) is 3.49. The maximum atomic E-state index is 14.8. The van der Waals surface area contributed by atoms with Crippen LogP contribution in [0.2, 0.25) is 0 Å². The molecule has 2 aromatic rings. The quantitative estimate of drug-likeness (QED) is 0.813. The molecule has 3 atom stereocenters. The number of methoxy groups -OCH3 is 2. The fourth-order valence-corrected chi connectivity index (χ4v) is 4.28. The normalized spacial score (nSPS) is 24.9. The van der Waals surface area contributed by atoms with Gasteiger partial charge in [-0.3, -0.25) is 4.90 Å². The van der Waals surface area contributed by atoms with Crippen molar-refractivity contribution in [1.29, 1.82) is 0 Å². The second kappa shape index (κ2) is 8.06. The zero-order chi connectivity index (χ0) is 19.7. The van der Waals surface area contributed by atoms with Gasteiger partial charge in [-0.1, -0.05) is 0 Å². The number of ether oxygens (including phenoxy) is 3. The molecule has 1 N–H and O–H groups in total. The Bertz CT molecular complexity index is 828. The Balaban J connectivity index is 1.59. The number of benzene rings is 1. The summed E-state index contributed by atoms with van der Waals surface area (Å²) in [5.41, 5.74) is 0.391. The maximum Gasteiger partial charge on any atom is 0.163 e. The molecule has 2 aliphatic rings. The predicted octanol–water partition coefficient (Wildman–Crippen LogP) is 2.10. The van der Waals surface area contributed by atoms with Crippen molar-refractivity contribution in [3.63, 3.8) is 0 Å². The summed E-state index contributed by atoms with van der Waals surface area (Å²) >= 11 is 0. The summed E-state index contributed by atoms with van der Waals surface area (Å²) in [6.45, 7) is 2.47. The van der Waals surface area contributed by atoms with Gasteiger partial charge in [-0.05, 0) is 18.9 Å². The van der Waals surface area contributed by atoms with E-state index in [1.165, 1.54) is 20.3 Å². The van der Waals surface area contributed by atoms with E-state index in [4.69, 9.17) is 19.3 Å². The van der Waals surface area contributed by atoms with Crippen molar-refractivity contribution in [3.8, 4) is 22.9 Å². The number of hydrogen-bond donors (Lipinski definition) is 1. The highest BCUT2D eigenvalue weighted by Gasteiger charge is 2.38. The van der Waals surface area contributed by atoms with Crippen LogP contribution in [0.4, 0.5) is 4.39 Å². The van der Waals surface area contributed by atoms with Gasteiger partial charge in [0.15, 0.2) is 11.5 Å². The van der Waals surface area contributed by atoms with Crippen LogP contribution in [0.5, 0.6) is 11.5 Å². The van der Waals surface area contributed by atoms with E-state index in [1.807, 2.05) is 10.8 Å². The molecule has 0 amide bonds. The van der Waals surface area contributed by atoms with Gasteiger partial charge in [-0.2, -0.15) is 0 Å². The third-order valence-electron chi connectivity index (χ3n) is 5.70. The number of halogens is 1. The smallest absolute Gasteiger partial charge is 0.163 e. The van der Waals surface area contributed by atoms with Gasteiger partial charge in [-0.25, -0.2) is 9.37 Å². The van der Waals surface area contributed by atoms with Crippen LogP contribution in [0.1, 0.15) is 18.9 Å². The molecule has 0 radical (unpaired) electrons. The number of rotatable bonds is 6. The number of nitrogens with zero attached hydrogens (tertiary/aromatic N) is 3. The highest BCUT2D eigenvalue weighted by molar-refractivity contribution is 5.62. The first-order chi connectivity index (χ1) is 13.6. The second-order valence-electron chi connectivity index (χ2n) is 7.31. The molecule has 0 spiro atoms. The van der Waals surface area contributed by atoms with Crippen molar-refractivity contribution >= 4 is 0 Å². The van der Waals surface area contributed by atoms with Gasteiger partial charge in [0.05, 0.1) is 32.5 Å². The van der Waals surface area contributed by atoms with E-state index in [0.29, 0.717) is 42.0 Å². The van der Waals surface area contributed by atoms with Crippen molar-refractivity contribution < 1.29 is 23.7 Å². The summed E-state index contributed by atoms with van der Waals surface area (Å²) in [7, 11) is 3.02. The third kappa shape index (κ3) is 3.47. The minimum Gasteiger partial charge on any atom is -0.493 e. The van der Waals surface area contributed by atoms with Crippen molar-refractivity contribution in [1.82, 2.24) is 14.5 Å². The lowest BCUT2D eigenvalue weighted by Crippen LogP contribution is -2.46. The third-order valence-corrected chi connectivity index (χ3v) is 5.70. The zero-order valence-electron chi connectivity index (χ0n) is 16.2. The first-order valence-corrected chi connectivity index (χ1v) is 9.55. The standard InChI is InChI=1S/C20H26FN3O4/c1-26-18-8-16(17(21)9-19(18)27-2)20-22-4-5-24(20)13-7-14-12-28-15(3-6-25)11-23(14)10-13/h4-5,8-9,13-15,25H,3,6-7,10-12H2,1-2H3/t13-,14+,15+/m1/s1. The molecular formula is C20H26FN3O4. The fourth-order valence-electron chi connectivity index (χ4n) is 4.28. The van der Waals surface area contributed by atoms with Gasteiger partial charge >= 0.3 is 0 Å². The largest absolute Gasteiger partial charge is 0.493 e. The molecule has 1 aromatic heterocycles. The van der Waals surface area contributed by atoms with Gasteiger partial charge in [0.2, 0.25) is 0 Å². The molecule has 3 heterocycles. The summed E-state index contributed by atoms with van der Waals surface area (Å²) in [5.74, 6) is 1.01. The van der Waals surface area contributed by atoms with E-state index >= 15 is 0 Å². The Morgan fingerprint density at radius 1 is 1.21 bits per heavy atom. The molecule has 8 heteroatoms.